The molecule has 1 atom stereocenters. The molecular formula is C12H18ClNS. The van der Waals surface area contributed by atoms with Crippen molar-refractivity contribution < 1.29 is 0 Å². The molecule has 84 valence electrons. The van der Waals surface area contributed by atoms with Crippen molar-refractivity contribution in [3.8, 4) is 0 Å². The van der Waals surface area contributed by atoms with Crippen LogP contribution in [0.5, 0.6) is 0 Å². The van der Waals surface area contributed by atoms with Crippen molar-refractivity contribution in [3.63, 3.8) is 0 Å². The fourth-order valence-corrected chi connectivity index (χ4v) is 2.35. The molecule has 1 nitrogen and oxygen atoms in total. The highest BCUT2D eigenvalue weighted by Gasteiger charge is 2.07. The molecule has 0 saturated carbocycles. The summed E-state index contributed by atoms with van der Waals surface area (Å²) in [5.74, 6) is 1.15. The third kappa shape index (κ3) is 4.92. The Hall–Kier alpha value is -0.180. The van der Waals surface area contributed by atoms with Gasteiger partial charge < -0.3 is 5.32 Å². The molecule has 1 unspecified atom stereocenters. The van der Waals surface area contributed by atoms with E-state index in [1.54, 1.807) is 0 Å². The summed E-state index contributed by atoms with van der Waals surface area (Å²) < 4.78 is 0. The largest absolute Gasteiger partial charge is 0.313 e. The van der Waals surface area contributed by atoms with Gasteiger partial charge in [-0.05, 0) is 36.9 Å². The molecule has 15 heavy (non-hydrogen) atoms. The zero-order valence-electron chi connectivity index (χ0n) is 9.29. The number of benzene rings is 1. The van der Waals surface area contributed by atoms with E-state index in [1.807, 2.05) is 23.9 Å². The number of likely N-dealkylation sites (N-methyl/N-ethyl adjacent to an activating group) is 1. The highest BCUT2D eigenvalue weighted by atomic mass is 35.5. The van der Waals surface area contributed by atoms with Gasteiger partial charge in [-0.3, -0.25) is 0 Å². The molecule has 0 spiro atoms. The normalized spacial score (nSPS) is 12.7. The van der Waals surface area contributed by atoms with Crippen LogP contribution in [0.2, 0.25) is 5.02 Å². The van der Waals surface area contributed by atoms with E-state index in [9.17, 15) is 0 Å². The lowest BCUT2D eigenvalue weighted by atomic mass is 10.1. The van der Waals surface area contributed by atoms with Gasteiger partial charge in [0.1, 0.15) is 0 Å². The van der Waals surface area contributed by atoms with Crippen LogP contribution >= 0.6 is 23.4 Å². The molecule has 0 fully saturated rings. The number of rotatable bonds is 6. The number of hydrogen-bond acceptors (Lipinski definition) is 2. The average Bonchev–Trinajstić information content (AvgIpc) is 2.22. The number of nitrogens with one attached hydrogen (secondary N) is 1. The predicted molar refractivity (Wildman–Crippen MR) is 71.0 cm³/mol. The van der Waals surface area contributed by atoms with Crippen molar-refractivity contribution in [1.29, 1.82) is 0 Å². The summed E-state index contributed by atoms with van der Waals surface area (Å²) >= 11 is 7.73. The summed E-state index contributed by atoms with van der Waals surface area (Å²) in [6.07, 6.45) is 3.22. The molecule has 1 rings (SSSR count). The Bertz CT molecular complexity index is 267. The molecule has 0 aliphatic heterocycles. The van der Waals surface area contributed by atoms with E-state index in [2.05, 4.69) is 30.6 Å². The molecule has 0 aliphatic rings. The van der Waals surface area contributed by atoms with Crippen molar-refractivity contribution in [2.45, 2.75) is 19.4 Å². The lowest BCUT2D eigenvalue weighted by Gasteiger charge is -2.16. The molecule has 1 N–H and O–H groups in total. The maximum atomic E-state index is 5.85. The Labute approximate surface area is 102 Å². The second kappa shape index (κ2) is 7.15. The molecule has 0 amide bonds. The smallest absolute Gasteiger partial charge is 0.0406 e. The third-order valence-corrected chi connectivity index (χ3v) is 3.24. The van der Waals surface area contributed by atoms with Crippen molar-refractivity contribution >= 4 is 23.4 Å². The molecular weight excluding hydrogens is 226 g/mol. The maximum absolute atomic E-state index is 5.85. The Morgan fingerprint density at radius 2 is 2.00 bits per heavy atom. The quantitative estimate of drug-likeness (QED) is 0.824. The van der Waals surface area contributed by atoms with Crippen LogP contribution in [0.25, 0.3) is 0 Å². The molecule has 1 aromatic rings. The summed E-state index contributed by atoms with van der Waals surface area (Å²) in [6.45, 7) is 3.17. The first-order valence-electron chi connectivity index (χ1n) is 5.23. The van der Waals surface area contributed by atoms with Gasteiger partial charge in [0.15, 0.2) is 0 Å². The van der Waals surface area contributed by atoms with E-state index in [1.165, 1.54) is 5.56 Å². The Kier molecular flexibility index (Phi) is 6.15. The average molecular weight is 244 g/mol. The first kappa shape index (κ1) is 12.9. The van der Waals surface area contributed by atoms with E-state index >= 15 is 0 Å². The summed E-state index contributed by atoms with van der Waals surface area (Å²) in [5.41, 5.74) is 1.35. The minimum absolute atomic E-state index is 0.561. The Morgan fingerprint density at radius 1 is 1.33 bits per heavy atom. The van der Waals surface area contributed by atoms with Crippen molar-refractivity contribution in [1.82, 2.24) is 5.32 Å². The molecule has 0 heterocycles. The second-order valence-electron chi connectivity index (χ2n) is 3.54. The lowest BCUT2D eigenvalue weighted by Crippen LogP contribution is -2.33. The SMILES string of the molecule is CCNC(CSC)Cc1ccc(Cl)cc1. The molecule has 3 heteroatoms. The van der Waals surface area contributed by atoms with Crippen molar-refractivity contribution in [2.75, 3.05) is 18.6 Å². The van der Waals surface area contributed by atoms with E-state index in [0.29, 0.717) is 6.04 Å². The molecule has 0 aromatic heterocycles. The van der Waals surface area contributed by atoms with Crippen LogP contribution < -0.4 is 5.32 Å². The summed E-state index contributed by atoms with van der Waals surface area (Å²) in [5, 5.41) is 4.30. The number of hydrogen-bond donors (Lipinski definition) is 1. The molecule has 1 aromatic carbocycles. The summed E-state index contributed by atoms with van der Waals surface area (Å²) in [6, 6.07) is 8.68. The minimum Gasteiger partial charge on any atom is -0.313 e. The lowest BCUT2D eigenvalue weighted by molar-refractivity contribution is 0.573. The molecule has 0 aliphatic carbocycles. The third-order valence-electron chi connectivity index (χ3n) is 2.26. The van der Waals surface area contributed by atoms with E-state index in [-0.39, 0.29) is 0 Å². The van der Waals surface area contributed by atoms with Crippen LogP contribution in [0.1, 0.15) is 12.5 Å². The van der Waals surface area contributed by atoms with Crippen molar-refractivity contribution in [2.24, 2.45) is 0 Å². The molecule has 0 bridgehead atoms. The van der Waals surface area contributed by atoms with Gasteiger partial charge in [0, 0.05) is 16.8 Å². The highest BCUT2D eigenvalue weighted by Crippen LogP contribution is 2.12. The van der Waals surface area contributed by atoms with E-state index in [4.69, 9.17) is 11.6 Å². The van der Waals surface area contributed by atoms with Crippen LogP contribution in [0.4, 0.5) is 0 Å². The van der Waals surface area contributed by atoms with Crippen LogP contribution in [0.15, 0.2) is 24.3 Å². The zero-order chi connectivity index (χ0) is 11.1. The maximum Gasteiger partial charge on any atom is 0.0406 e. The fraction of sp³-hybridized carbons (Fsp3) is 0.500. The number of thioether (sulfide) groups is 1. The highest BCUT2D eigenvalue weighted by molar-refractivity contribution is 7.98. The second-order valence-corrected chi connectivity index (χ2v) is 4.89. The topological polar surface area (TPSA) is 12.0 Å². The van der Waals surface area contributed by atoms with Crippen LogP contribution in [-0.4, -0.2) is 24.6 Å². The standard InChI is InChI=1S/C12H18ClNS/c1-3-14-12(9-15-2)8-10-4-6-11(13)7-5-10/h4-7,12,14H,3,8-9H2,1-2H3. The van der Waals surface area contributed by atoms with Gasteiger partial charge in [0.05, 0.1) is 0 Å². The predicted octanol–water partition coefficient (Wildman–Crippen LogP) is 3.22. The van der Waals surface area contributed by atoms with Gasteiger partial charge in [-0.1, -0.05) is 30.7 Å². The molecule has 0 radical (unpaired) electrons. The number of halogens is 1. The van der Waals surface area contributed by atoms with Crippen molar-refractivity contribution in [3.05, 3.63) is 34.9 Å². The van der Waals surface area contributed by atoms with E-state index in [0.717, 1.165) is 23.7 Å². The van der Waals surface area contributed by atoms with Crippen LogP contribution in [-0.2, 0) is 6.42 Å². The van der Waals surface area contributed by atoms with E-state index < -0.39 is 0 Å². The van der Waals surface area contributed by atoms with Gasteiger partial charge in [0.25, 0.3) is 0 Å². The van der Waals surface area contributed by atoms with Gasteiger partial charge in [-0.25, -0.2) is 0 Å². The van der Waals surface area contributed by atoms with Gasteiger partial charge in [0.2, 0.25) is 0 Å². The first-order valence-corrected chi connectivity index (χ1v) is 7.00. The monoisotopic (exact) mass is 243 g/mol. The Balaban J connectivity index is 2.53. The minimum atomic E-state index is 0.561. The van der Waals surface area contributed by atoms with Gasteiger partial charge in [-0.15, -0.1) is 0 Å². The summed E-state index contributed by atoms with van der Waals surface area (Å²) in [7, 11) is 0. The fourth-order valence-electron chi connectivity index (χ4n) is 1.58. The molecule has 0 saturated heterocycles. The first-order chi connectivity index (χ1) is 7.26. The van der Waals surface area contributed by atoms with Gasteiger partial charge in [-0.2, -0.15) is 11.8 Å². The summed E-state index contributed by atoms with van der Waals surface area (Å²) in [4.78, 5) is 0. The van der Waals surface area contributed by atoms with Gasteiger partial charge >= 0.3 is 0 Å². The Morgan fingerprint density at radius 3 is 2.53 bits per heavy atom. The zero-order valence-corrected chi connectivity index (χ0v) is 10.9. The van der Waals surface area contributed by atoms with Crippen LogP contribution in [0, 0.1) is 0 Å². The van der Waals surface area contributed by atoms with Crippen LogP contribution in [0.3, 0.4) is 0 Å².